The number of carbonyl (C=O) groups excluding carboxylic acids is 2. The molecule has 1 N–H and O–H groups in total. The Kier molecular flexibility index (Phi) is 6.82. The number of hydrogen-bond acceptors (Lipinski definition) is 4. The first-order valence-electron chi connectivity index (χ1n) is 11.9. The zero-order chi connectivity index (χ0) is 24.6. The first-order valence-corrected chi connectivity index (χ1v) is 13.3. The van der Waals surface area contributed by atoms with Crippen LogP contribution in [0, 0.1) is 33.6 Å². The number of aryl methyl sites for hydroxylation is 2. The van der Waals surface area contributed by atoms with Gasteiger partial charge in [-0.2, -0.15) is 4.31 Å². The zero-order valence-electron chi connectivity index (χ0n) is 20.3. The van der Waals surface area contributed by atoms with Crippen molar-refractivity contribution in [1.29, 1.82) is 0 Å². The molecule has 2 amide bonds. The van der Waals surface area contributed by atoms with Crippen molar-refractivity contribution in [2.75, 3.05) is 29.9 Å². The first-order chi connectivity index (χ1) is 16.1. The maximum absolute atomic E-state index is 13.5. The van der Waals surface area contributed by atoms with E-state index >= 15 is 0 Å². The van der Waals surface area contributed by atoms with E-state index in [2.05, 4.69) is 5.32 Å². The Balaban J connectivity index is 1.46. The average molecular weight is 484 g/mol. The quantitative estimate of drug-likeness (QED) is 0.694. The van der Waals surface area contributed by atoms with Crippen molar-refractivity contribution in [2.24, 2.45) is 5.92 Å². The number of anilines is 2. The summed E-state index contributed by atoms with van der Waals surface area (Å²) in [5.74, 6) is -0.345. The molecule has 0 unspecified atom stereocenters. The van der Waals surface area contributed by atoms with Crippen LogP contribution in [0.25, 0.3) is 0 Å². The van der Waals surface area contributed by atoms with E-state index in [9.17, 15) is 18.0 Å². The molecule has 2 aliphatic heterocycles. The van der Waals surface area contributed by atoms with Gasteiger partial charge >= 0.3 is 0 Å². The van der Waals surface area contributed by atoms with Crippen molar-refractivity contribution in [3.63, 3.8) is 0 Å². The molecule has 0 atom stereocenters. The van der Waals surface area contributed by atoms with Crippen LogP contribution in [-0.4, -0.2) is 44.2 Å². The van der Waals surface area contributed by atoms with E-state index in [4.69, 9.17) is 0 Å². The minimum Gasteiger partial charge on any atom is -0.324 e. The summed E-state index contributed by atoms with van der Waals surface area (Å²) in [6.07, 6.45) is 2.25. The third-order valence-corrected chi connectivity index (χ3v) is 9.42. The fourth-order valence-electron chi connectivity index (χ4n) is 5.01. The lowest BCUT2D eigenvalue weighted by Gasteiger charge is -2.32. The number of nitrogens with one attached hydrogen (secondary N) is 1. The predicted octanol–water partition coefficient (Wildman–Crippen LogP) is 4.09. The topological polar surface area (TPSA) is 86.8 Å². The Morgan fingerprint density at radius 1 is 0.971 bits per heavy atom. The van der Waals surface area contributed by atoms with Crippen molar-refractivity contribution in [2.45, 2.75) is 58.3 Å². The van der Waals surface area contributed by atoms with Crippen LogP contribution in [0.15, 0.2) is 35.2 Å². The van der Waals surface area contributed by atoms with E-state index in [0.29, 0.717) is 49.5 Å². The lowest BCUT2D eigenvalue weighted by Crippen LogP contribution is -2.42. The van der Waals surface area contributed by atoms with Gasteiger partial charge in [-0.25, -0.2) is 8.42 Å². The fourth-order valence-corrected chi connectivity index (χ4v) is 7.05. The lowest BCUT2D eigenvalue weighted by atomic mass is 9.97. The summed E-state index contributed by atoms with van der Waals surface area (Å²) >= 11 is 0. The monoisotopic (exact) mass is 483 g/mol. The van der Waals surface area contributed by atoms with Gasteiger partial charge in [0.15, 0.2) is 0 Å². The molecule has 2 aliphatic rings. The second-order valence-electron chi connectivity index (χ2n) is 9.42. The highest BCUT2D eigenvalue weighted by molar-refractivity contribution is 7.89. The van der Waals surface area contributed by atoms with Crippen LogP contribution in [0.1, 0.15) is 47.9 Å². The molecule has 2 saturated heterocycles. The van der Waals surface area contributed by atoms with Crippen LogP contribution < -0.4 is 10.2 Å². The number of amides is 2. The van der Waals surface area contributed by atoms with Gasteiger partial charge in [-0.1, -0.05) is 18.2 Å². The molecule has 182 valence electrons. The highest BCUT2D eigenvalue weighted by Gasteiger charge is 2.34. The highest BCUT2D eigenvalue weighted by Crippen LogP contribution is 2.33. The molecule has 8 heteroatoms. The second-order valence-corrected chi connectivity index (χ2v) is 11.3. The molecule has 7 nitrogen and oxygen atoms in total. The Bertz CT molecular complexity index is 1200. The Morgan fingerprint density at radius 3 is 2.18 bits per heavy atom. The van der Waals surface area contributed by atoms with Crippen molar-refractivity contribution in [3.05, 3.63) is 52.6 Å². The van der Waals surface area contributed by atoms with Gasteiger partial charge in [0.25, 0.3) is 0 Å². The van der Waals surface area contributed by atoms with E-state index in [1.54, 1.807) is 4.90 Å². The van der Waals surface area contributed by atoms with E-state index < -0.39 is 10.0 Å². The Labute approximate surface area is 202 Å². The molecule has 2 aromatic rings. The summed E-state index contributed by atoms with van der Waals surface area (Å²) < 4.78 is 28.5. The van der Waals surface area contributed by atoms with Crippen molar-refractivity contribution < 1.29 is 18.0 Å². The number of carbonyl (C=O) groups is 2. The molecule has 34 heavy (non-hydrogen) atoms. The summed E-state index contributed by atoms with van der Waals surface area (Å²) in [7, 11) is -3.64. The van der Waals surface area contributed by atoms with Gasteiger partial charge < -0.3 is 10.2 Å². The summed E-state index contributed by atoms with van der Waals surface area (Å²) in [6, 6.07) is 9.38. The normalized spacial score (nSPS) is 17.9. The molecule has 0 radical (unpaired) electrons. The van der Waals surface area contributed by atoms with Gasteiger partial charge in [0.2, 0.25) is 21.8 Å². The number of nitrogens with zero attached hydrogens (tertiary/aromatic N) is 2. The minimum atomic E-state index is -3.64. The highest BCUT2D eigenvalue weighted by atomic mass is 32.2. The maximum atomic E-state index is 13.5. The van der Waals surface area contributed by atoms with Gasteiger partial charge in [-0.05, 0) is 81.3 Å². The van der Waals surface area contributed by atoms with Crippen LogP contribution >= 0.6 is 0 Å². The number of sulfonamides is 1. The van der Waals surface area contributed by atoms with Crippen LogP contribution in [0.5, 0.6) is 0 Å². The summed E-state index contributed by atoms with van der Waals surface area (Å²) in [5, 5.41) is 3.00. The van der Waals surface area contributed by atoms with E-state index in [0.717, 1.165) is 34.4 Å². The molecule has 0 saturated carbocycles. The summed E-state index contributed by atoms with van der Waals surface area (Å²) in [5.41, 5.74) is 4.85. The summed E-state index contributed by atoms with van der Waals surface area (Å²) in [4.78, 5) is 27.4. The molecule has 0 aromatic heterocycles. The second kappa shape index (κ2) is 9.50. The van der Waals surface area contributed by atoms with E-state index in [-0.39, 0.29) is 17.7 Å². The van der Waals surface area contributed by atoms with Gasteiger partial charge in [-0.3, -0.25) is 9.59 Å². The van der Waals surface area contributed by atoms with Gasteiger partial charge in [0.05, 0.1) is 16.3 Å². The van der Waals surface area contributed by atoms with E-state index in [1.807, 2.05) is 58.0 Å². The van der Waals surface area contributed by atoms with E-state index in [1.165, 1.54) is 4.31 Å². The largest absolute Gasteiger partial charge is 0.324 e. The van der Waals surface area contributed by atoms with Gasteiger partial charge in [0.1, 0.15) is 0 Å². The minimum absolute atomic E-state index is 0.0668. The third-order valence-electron chi connectivity index (χ3n) is 7.25. The smallest absolute Gasteiger partial charge is 0.243 e. The van der Waals surface area contributed by atoms with Gasteiger partial charge in [-0.15, -0.1) is 0 Å². The van der Waals surface area contributed by atoms with Gasteiger partial charge in [0, 0.05) is 32.0 Å². The summed E-state index contributed by atoms with van der Waals surface area (Å²) in [6.45, 7) is 8.85. The molecule has 0 spiro atoms. The third kappa shape index (κ3) is 4.49. The molecule has 0 bridgehead atoms. The van der Waals surface area contributed by atoms with Crippen LogP contribution in [0.4, 0.5) is 11.4 Å². The van der Waals surface area contributed by atoms with Crippen LogP contribution in [-0.2, 0) is 19.6 Å². The molecule has 2 fully saturated rings. The lowest BCUT2D eigenvalue weighted by molar-refractivity contribution is -0.121. The Hall–Kier alpha value is -2.71. The fraction of sp³-hybridized carbons (Fsp3) is 0.462. The predicted molar refractivity (Wildman–Crippen MR) is 134 cm³/mol. The first kappa shape index (κ1) is 24.4. The zero-order valence-corrected chi connectivity index (χ0v) is 21.2. The number of benzene rings is 2. The molecule has 2 heterocycles. The number of para-hydroxylation sites is 2. The molecular weight excluding hydrogens is 450 g/mol. The van der Waals surface area contributed by atoms with Crippen molar-refractivity contribution in [3.8, 4) is 0 Å². The number of rotatable bonds is 5. The van der Waals surface area contributed by atoms with Crippen molar-refractivity contribution in [1.82, 2.24) is 4.31 Å². The van der Waals surface area contributed by atoms with Crippen molar-refractivity contribution >= 4 is 33.2 Å². The molecular formula is C26H33N3O4S. The van der Waals surface area contributed by atoms with Crippen LogP contribution in [0.3, 0.4) is 0 Å². The van der Waals surface area contributed by atoms with Crippen LogP contribution in [0.2, 0.25) is 0 Å². The number of hydrogen-bond donors (Lipinski definition) is 1. The molecule has 2 aromatic carbocycles. The molecule has 4 rings (SSSR count). The standard InChI is InChI=1S/C26H33N3O4S/c1-17-16-18(2)20(4)25(19(17)3)34(32,33)28-14-11-21(12-15-28)26(31)27-22-8-5-6-9-23(22)29-13-7-10-24(29)30/h5-6,8-9,16,21H,7,10-15H2,1-4H3,(H,27,31). The average Bonchev–Trinajstić information content (AvgIpc) is 3.24. The number of piperidine rings is 1. The SMILES string of the molecule is Cc1cc(C)c(C)c(S(=O)(=O)N2CCC(C(=O)Nc3ccccc3N3CCCC3=O)CC2)c1C. The maximum Gasteiger partial charge on any atom is 0.243 e. The molecule has 0 aliphatic carbocycles. The Morgan fingerprint density at radius 2 is 1.59 bits per heavy atom.